The van der Waals surface area contributed by atoms with E-state index in [9.17, 15) is 9.18 Å². The highest BCUT2D eigenvalue weighted by molar-refractivity contribution is 7.99. The molecule has 0 unspecified atom stereocenters. The summed E-state index contributed by atoms with van der Waals surface area (Å²) >= 11 is 1.36. The first-order chi connectivity index (χ1) is 11.2. The van der Waals surface area contributed by atoms with Crippen LogP contribution in [0.5, 0.6) is 0 Å². The molecule has 1 heterocycles. The Balaban J connectivity index is 2.33. The van der Waals surface area contributed by atoms with Crippen molar-refractivity contribution in [1.82, 2.24) is 14.8 Å². The Kier molecular flexibility index (Phi) is 5.80. The number of rotatable bonds is 6. The predicted octanol–water partition coefficient (Wildman–Crippen LogP) is 4.45. The van der Waals surface area contributed by atoms with Crippen molar-refractivity contribution in [2.45, 2.75) is 46.3 Å². The highest BCUT2D eigenvalue weighted by Crippen LogP contribution is 2.28. The molecule has 0 aliphatic heterocycles. The molecular formula is C18H24FN3OS. The zero-order valence-corrected chi connectivity index (χ0v) is 15.7. The standard InChI is InChI=1S/C18H24FN3OS/c1-12(2)10-22-16(13-8-6-7-9-14(13)19)20-21-17(22)24-11-15(23)18(3,4)5/h6-9,12H,10-11H2,1-5H3. The maximum absolute atomic E-state index is 14.1. The monoisotopic (exact) mass is 349 g/mol. The third kappa shape index (κ3) is 4.44. The van der Waals surface area contributed by atoms with Gasteiger partial charge in [-0.2, -0.15) is 0 Å². The van der Waals surface area contributed by atoms with Crippen LogP contribution in [0.3, 0.4) is 0 Å². The first-order valence-electron chi connectivity index (χ1n) is 8.04. The zero-order valence-electron chi connectivity index (χ0n) is 14.8. The largest absolute Gasteiger partial charge is 0.302 e. The van der Waals surface area contributed by atoms with Crippen molar-refractivity contribution in [2.75, 3.05) is 5.75 Å². The molecule has 0 saturated carbocycles. The van der Waals surface area contributed by atoms with Gasteiger partial charge in [0.1, 0.15) is 11.6 Å². The van der Waals surface area contributed by atoms with E-state index < -0.39 is 0 Å². The van der Waals surface area contributed by atoms with Crippen LogP contribution < -0.4 is 0 Å². The topological polar surface area (TPSA) is 47.8 Å². The molecule has 0 fully saturated rings. The molecule has 0 bridgehead atoms. The summed E-state index contributed by atoms with van der Waals surface area (Å²) in [6.45, 7) is 10.5. The van der Waals surface area contributed by atoms with Crippen LogP contribution in [0.25, 0.3) is 11.4 Å². The van der Waals surface area contributed by atoms with Gasteiger partial charge in [-0.05, 0) is 18.1 Å². The molecule has 130 valence electrons. The lowest BCUT2D eigenvalue weighted by Gasteiger charge is -2.16. The van der Waals surface area contributed by atoms with E-state index in [0.29, 0.717) is 34.8 Å². The van der Waals surface area contributed by atoms with Crippen LogP contribution in [0, 0.1) is 17.2 Å². The SMILES string of the molecule is CC(C)Cn1c(SCC(=O)C(C)(C)C)nnc1-c1ccccc1F. The number of ketones is 1. The maximum atomic E-state index is 14.1. The maximum Gasteiger partial charge on any atom is 0.191 e. The Morgan fingerprint density at radius 2 is 1.92 bits per heavy atom. The molecule has 0 N–H and O–H groups in total. The Bertz CT molecular complexity index is 719. The molecule has 24 heavy (non-hydrogen) atoms. The minimum Gasteiger partial charge on any atom is -0.302 e. The number of nitrogens with zero attached hydrogens (tertiary/aromatic N) is 3. The summed E-state index contributed by atoms with van der Waals surface area (Å²) in [4.78, 5) is 12.2. The van der Waals surface area contributed by atoms with Crippen molar-refractivity contribution in [3.05, 3.63) is 30.1 Å². The Morgan fingerprint density at radius 1 is 1.25 bits per heavy atom. The van der Waals surface area contributed by atoms with Crippen molar-refractivity contribution in [3.8, 4) is 11.4 Å². The summed E-state index contributed by atoms with van der Waals surface area (Å²) in [5, 5.41) is 9.03. The number of hydrogen-bond donors (Lipinski definition) is 0. The van der Waals surface area contributed by atoms with Gasteiger partial charge in [0.15, 0.2) is 11.0 Å². The second-order valence-corrected chi connectivity index (χ2v) is 8.19. The summed E-state index contributed by atoms with van der Waals surface area (Å²) in [6, 6.07) is 6.55. The quantitative estimate of drug-likeness (QED) is 0.723. The van der Waals surface area contributed by atoms with Crippen LogP contribution in [0.2, 0.25) is 0 Å². The van der Waals surface area contributed by atoms with Gasteiger partial charge in [0.25, 0.3) is 0 Å². The predicted molar refractivity (Wildman–Crippen MR) is 95.4 cm³/mol. The molecule has 0 aliphatic rings. The van der Waals surface area contributed by atoms with Gasteiger partial charge in [0, 0.05) is 12.0 Å². The average molecular weight is 349 g/mol. The van der Waals surface area contributed by atoms with Crippen molar-refractivity contribution in [2.24, 2.45) is 11.3 Å². The molecule has 2 rings (SSSR count). The van der Waals surface area contributed by atoms with Crippen LogP contribution in [0.15, 0.2) is 29.4 Å². The van der Waals surface area contributed by atoms with E-state index in [2.05, 4.69) is 24.0 Å². The highest BCUT2D eigenvalue weighted by Gasteiger charge is 2.23. The van der Waals surface area contributed by atoms with Gasteiger partial charge in [0.05, 0.1) is 11.3 Å². The van der Waals surface area contributed by atoms with Gasteiger partial charge in [0.2, 0.25) is 0 Å². The number of aromatic nitrogens is 3. The molecule has 2 aromatic rings. The van der Waals surface area contributed by atoms with Crippen LogP contribution in [0.4, 0.5) is 4.39 Å². The van der Waals surface area contributed by atoms with Crippen molar-refractivity contribution >= 4 is 17.5 Å². The minimum atomic E-state index is -0.385. The van der Waals surface area contributed by atoms with E-state index in [1.54, 1.807) is 18.2 Å². The first kappa shape index (κ1) is 18.6. The number of halogens is 1. The van der Waals surface area contributed by atoms with E-state index in [1.165, 1.54) is 17.8 Å². The molecule has 4 nitrogen and oxygen atoms in total. The van der Waals surface area contributed by atoms with Crippen LogP contribution in [0.1, 0.15) is 34.6 Å². The van der Waals surface area contributed by atoms with E-state index in [4.69, 9.17) is 0 Å². The Hall–Kier alpha value is -1.69. The molecule has 0 radical (unpaired) electrons. The second-order valence-electron chi connectivity index (χ2n) is 7.25. The lowest BCUT2D eigenvalue weighted by molar-refractivity contribution is -0.123. The summed E-state index contributed by atoms with van der Waals surface area (Å²) in [7, 11) is 0. The van der Waals surface area contributed by atoms with E-state index in [-0.39, 0.29) is 17.0 Å². The number of carbonyl (C=O) groups is 1. The fourth-order valence-corrected chi connectivity index (χ4v) is 3.22. The second kappa shape index (κ2) is 7.47. The molecule has 0 saturated heterocycles. The lowest BCUT2D eigenvalue weighted by Crippen LogP contribution is -2.22. The fourth-order valence-electron chi connectivity index (χ4n) is 2.11. The zero-order chi connectivity index (χ0) is 17.9. The van der Waals surface area contributed by atoms with Crippen LogP contribution >= 0.6 is 11.8 Å². The van der Waals surface area contributed by atoms with E-state index >= 15 is 0 Å². The molecule has 6 heteroatoms. The first-order valence-corrected chi connectivity index (χ1v) is 9.03. The van der Waals surface area contributed by atoms with Gasteiger partial charge < -0.3 is 4.57 Å². The fraction of sp³-hybridized carbons (Fsp3) is 0.500. The molecule has 1 aromatic heterocycles. The van der Waals surface area contributed by atoms with Gasteiger partial charge in [-0.1, -0.05) is 58.5 Å². The molecule has 0 atom stereocenters. The molecule has 0 amide bonds. The highest BCUT2D eigenvalue weighted by atomic mass is 32.2. The average Bonchev–Trinajstić information content (AvgIpc) is 2.86. The number of benzene rings is 1. The summed E-state index contributed by atoms with van der Waals surface area (Å²) in [6.07, 6.45) is 0. The summed E-state index contributed by atoms with van der Waals surface area (Å²) < 4.78 is 16.0. The third-order valence-corrected chi connectivity index (χ3v) is 4.51. The van der Waals surface area contributed by atoms with Gasteiger partial charge in [-0.15, -0.1) is 10.2 Å². The number of hydrogen-bond acceptors (Lipinski definition) is 4. The van der Waals surface area contributed by atoms with Gasteiger partial charge in [-0.3, -0.25) is 4.79 Å². The Morgan fingerprint density at radius 3 is 2.50 bits per heavy atom. The third-order valence-electron chi connectivity index (χ3n) is 3.55. The van der Waals surface area contributed by atoms with Crippen molar-refractivity contribution < 1.29 is 9.18 Å². The van der Waals surface area contributed by atoms with Crippen LogP contribution in [-0.2, 0) is 11.3 Å². The molecule has 0 spiro atoms. The smallest absolute Gasteiger partial charge is 0.191 e. The lowest BCUT2D eigenvalue weighted by atomic mass is 9.92. The van der Waals surface area contributed by atoms with Crippen molar-refractivity contribution in [3.63, 3.8) is 0 Å². The van der Waals surface area contributed by atoms with Crippen molar-refractivity contribution in [1.29, 1.82) is 0 Å². The van der Waals surface area contributed by atoms with Crippen LogP contribution in [-0.4, -0.2) is 26.3 Å². The number of thioether (sulfide) groups is 1. The normalized spacial score (nSPS) is 12.0. The molecule has 1 aromatic carbocycles. The molecular weight excluding hydrogens is 325 g/mol. The molecule has 0 aliphatic carbocycles. The van der Waals surface area contributed by atoms with E-state index in [1.807, 2.05) is 25.3 Å². The summed E-state index contributed by atoms with van der Waals surface area (Å²) in [5.41, 5.74) is 0.0456. The van der Waals surface area contributed by atoms with Gasteiger partial charge >= 0.3 is 0 Å². The number of carbonyl (C=O) groups excluding carboxylic acids is 1. The number of Topliss-reactive ketones (excluding diaryl/α,β-unsaturated/α-hetero) is 1. The minimum absolute atomic E-state index is 0.152. The van der Waals surface area contributed by atoms with E-state index in [0.717, 1.165) is 0 Å². The van der Waals surface area contributed by atoms with Gasteiger partial charge in [-0.25, -0.2) is 4.39 Å². The Labute approximate surface area is 146 Å². The summed E-state index contributed by atoms with van der Waals surface area (Å²) in [5.74, 6) is 1.02.